The average Bonchev–Trinajstić information content (AvgIpc) is 3.15. The first-order valence-electron chi connectivity index (χ1n) is 7.78. The van der Waals surface area contributed by atoms with Crippen molar-refractivity contribution in [3.8, 4) is 5.69 Å². The summed E-state index contributed by atoms with van der Waals surface area (Å²) >= 11 is 0. The van der Waals surface area contributed by atoms with Crippen LogP contribution in [0.15, 0.2) is 30.3 Å². The lowest BCUT2D eigenvalue weighted by atomic mass is 10.1. The zero-order chi connectivity index (χ0) is 15.5. The van der Waals surface area contributed by atoms with E-state index < -0.39 is 0 Å². The van der Waals surface area contributed by atoms with Crippen molar-refractivity contribution in [3.63, 3.8) is 0 Å². The van der Waals surface area contributed by atoms with Gasteiger partial charge in [0.05, 0.1) is 17.4 Å². The highest BCUT2D eigenvalue weighted by atomic mass is 16.2. The zero-order valence-corrected chi connectivity index (χ0v) is 13.1. The lowest BCUT2D eigenvalue weighted by molar-refractivity contribution is -0.122. The minimum Gasteiger partial charge on any atom is -0.351 e. The van der Waals surface area contributed by atoms with Crippen LogP contribution in [0.2, 0.25) is 0 Å². The van der Waals surface area contributed by atoms with Crippen molar-refractivity contribution >= 4 is 5.91 Å². The van der Waals surface area contributed by atoms with Gasteiger partial charge in [0.25, 0.3) is 0 Å². The Bertz CT molecular complexity index is 671. The summed E-state index contributed by atoms with van der Waals surface area (Å²) < 4.78 is 1.94. The first-order valence-corrected chi connectivity index (χ1v) is 7.78. The summed E-state index contributed by atoms with van der Waals surface area (Å²) in [4.78, 5) is 12.1. The number of hydrogen-bond acceptors (Lipinski definition) is 3. The van der Waals surface area contributed by atoms with Gasteiger partial charge in [0.15, 0.2) is 0 Å². The van der Waals surface area contributed by atoms with Gasteiger partial charge in [0, 0.05) is 12.2 Å². The molecule has 22 heavy (non-hydrogen) atoms. The first-order chi connectivity index (χ1) is 10.6. The number of nitrogens with one attached hydrogen (secondary N) is 2. The Morgan fingerprint density at radius 1 is 1.41 bits per heavy atom. The molecule has 2 N–H and O–H groups in total. The van der Waals surface area contributed by atoms with E-state index in [9.17, 15) is 4.79 Å². The van der Waals surface area contributed by atoms with Crippen molar-refractivity contribution in [1.82, 2.24) is 20.4 Å². The molecule has 0 radical (unpaired) electrons. The molecule has 5 heteroatoms. The maximum absolute atomic E-state index is 12.1. The maximum Gasteiger partial charge on any atom is 0.237 e. The third-order valence-electron chi connectivity index (χ3n) is 4.06. The summed E-state index contributed by atoms with van der Waals surface area (Å²) in [6, 6.07) is 10.1. The van der Waals surface area contributed by atoms with Gasteiger partial charge in [0.1, 0.15) is 0 Å². The van der Waals surface area contributed by atoms with Gasteiger partial charge in [-0.25, -0.2) is 4.68 Å². The molecule has 1 aliphatic heterocycles. The number of rotatable bonds is 4. The van der Waals surface area contributed by atoms with Gasteiger partial charge in [0.2, 0.25) is 5.91 Å². The molecule has 0 spiro atoms. The molecule has 1 aromatic carbocycles. The van der Waals surface area contributed by atoms with Crippen molar-refractivity contribution in [2.45, 2.75) is 39.3 Å². The molecule has 116 valence electrons. The molecule has 0 bridgehead atoms. The van der Waals surface area contributed by atoms with E-state index >= 15 is 0 Å². The van der Waals surface area contributed by atoms with Crippen LogP contribution in [0.4, 0.5) is 0 Å². The molecule has 0 saturated carbocycles. The van der Waals surface area contributed by atoms with E-state index in [-0.39, 0.29) is 11.9 Å². The normalized spacial score (nSPS) is 17.6. The van der Waals surface area contributed by atoms with Gasteiger partial charge >= 0.3 is 0 Å². The van der Waals surface area contributed by atoms with Gasteiger partial charge in [-0.3, -0.25) is 4.79 Å². The highest BCUT2D eigenvalue weighted by molar-refractivity contribution is 5.82. The zero-order valence-electron chi connectivity index (χ0n) is 13.1. The second-order valence-electron chi connectivity index (χ2n) is 5.83. The standard InChI is InChI=1S/C17H22N4O/c1-12-10-13(2)21(20-12)16-8-4-3-6-14(16)11-19-17(22)15-7-5-9-18-15/h3-4,6,8,10,15,18H,5,7,9,11H2,1-2H3,(H,19,22). The quantitative estimate of drug-likeness (QED) is 0.906. The molecule has 1 unspecified atom stereocenters. The molecule has 1 atom stereocenters. The molecule has 0 aliphatic carbocycles. The number of aryl methyl sites for hydroxylation is 2. The predicted octanol–water partition coefficient (Wildman–Crippen LogP) is 1.86. The van der Waals surface area contributed by atoms with Gasteiger partial charge in [-0.1, -0.05) is 18.2 Å². The summed E-state index contributed by atoms with van der Waals surface area (Å²) in [6.07, 6.45) is 1.99. The van der Waals surface area contributed by atoms with Crippen LogP contribution in [-0.4, -0.2) is 28.3 Å². The summed E-state index contributed by atoms with van der Waals surface area (Å²) in [5.41, 5.74) is 4.17. The van der Waals surface area contributed by atoms with Crippen LogP contribution < -0.4 is 10.6 Å². The minimum absolute atomic E-state index is 0.0409. The second-order valence-corrected chi connectivity index (χ2v) is 5.83. The van der Waals surface area contributed by atoms with Crippen LogP contribution >= 0.6 is 0 Å². The Morgan fingerprint density at radius 2 is 2.23 bits per heavy atom. The molecule has 3 rings (SSSR count). The number of aromatic nitrogens is 2. The Morgan fingerprint density at radius 3 is 2.91 bits per heavy atom. The van der Waals surface area contributed by atoms with Gasteiger partial charge in [-0.15, -0.1) is 0 Å². The molecule has 5 nitrogen and oxygen atoms in total. The number of hydrogen-bond donors (Lipinski definition) is 2. The van der Waals surface area contributed by atoms with Gasteiger partial charge < -0.3 is 10.6 Å². The lowest BCUT2D eigenvalue weighted by Crippen LogP contribution is -2.40. The maximum atomic E-state index is 12.1. The number of benzene rings is 1. The summed E-state index contributed by atoms with van der Waals surface area (Å²) in [7, 11) is 0. The largest absolute Gasteiger partial charge is 0.351 e. The summed E-state index contributed by atoms with van der Waals surface area (Å²) in [6.45, 7) is 5.48. The number of amides is 1. The fraction of sp³-hybridized carbons (Fsp3) is 0.412. The number of carbonyl (C=O) groups excluding carboxylic acids is 1. The summed E-state index contributed by atoms with van der Waals surface area (Å²) in [5.74, 6) is 0.0840. The Labute approximate surface area is 130 Å². The highest BCUT2D eigenvalue weighted by Gasteiger charge is 2.21. The van der Waals surface area contributed by atoms with Crippen molar-refractivity contribution < 1.29 is 4.79 Å². The van der Waals surface area contributed by atoms with Crippen molar-refractivity contribution in [2.24, 2.45) is 0 Å². The molecule has 1 fully saturated rings. The first kappa shape index (κ1) is 14.8. The number of para-hydroxylation sites is 1. The molecule has 1 aromatic heterocycles. The molecule has 1 amide bonds. The van der Waals surface area contributed by atoms with Crippen molar-refractivity contribution in [1.29, 1.82) is 0 Å². The molecule has 1 saturated heterocycles. The third kappa shape index (κ3) is 3.04. The monoisotopic (exact) mass is 298 g/mol. The van der Waals surface area contributed by atoms with Crippen LogP contribution in [0.25, 0.3) is 5.69 Å². The Hall–Kier alpha value is -2.14. The van der Waals surface area contributed by atoms with E-state index in [4.69, 9.17) is 0 Å². The predicted molar refractivity (Wildman–Crippen MR) is 85.9 cm³/mol. The van der Waals surface area contributed by atoms with Crippen LogP contribution in [0.5, 0.6) is 0 Å². The van der Waals surface area contributed by atoms with E-state index in [1.165, 1.54) is 0 Å². The van der Waals surface area contributed by atoms with Crippen LogP contribution in [0.1, 0.15) is 29.8 Å². The smallest absolute Gasteiger partial charge is 0.237 e. The summed E-state index contributed by atoms with van der Waals surface area (Å²) in [5, 5.41) is 10.8. The van der Waals surface area contributed by atoms with Gasteiger partial charge in [-0.2, -0.15) is 5.10 Å². The lowest BCUT2D eigenvalue weighted by Gasteiger charge is -2.14. The highest BCUT2D eigenvalue weighted by Crippen LogP contribution is 2.17. The molecular weight excluding hydrogens is 276 g/mol. The molecule has 1 aliphatic rings. The molecule has 2 aromatic rings. The van der Waals surface area contributed by atoms with Crippen LogP contribution in [0, 0.1) is 13.8 Å². The van der Waals surface area contributed by atoms with E-state index in [0.717, 1.165) is 42.0 Å². The van der Waals surface area contributed by atoms with E-state index in [1.807, 2.05) is 42.8 Å². The Balaban J connectivity index is 1.77. The minimum atomic E-state index is -0.0409. The van der Waals surface area contributed by atoms with Crippen LogP contribution in [-0.2, 0) is 11.3 Å². The molecular formula is C17H22N4O. The van der Waals surface area contributed by atoms with Gasteiger partial charge in [-0.05, 0) is 50.9 Å². The van der Waals surface area contributed by atoms with E-state index in [1.54, 1.807) is 0 Å². The van der Waals surface area contributed by atoms with Crippen molar-refractivity contribution in [3.05, 3.63) is 47.3 Å². The molecule has 2 heterocycles. The van der Waals surface area contributed by atoms with Crippen LogP contribution in [0.3, 0.4) is 0 Å². The Kier molecular flexibility index (Phi) is 4.24. The SMILES string of the molecule is Cc1cc(C)n(-c2ccccc2CNC(=O)C2CCCN2)n1. The third-order valence-corrected chi connectivity index (χ3v) is 4.06. The fourth-order valence-electron chi connectivity index (χ4n) is 2.95. The number of nitrogens with zero attached hydrogens (tertiary/aromatic N) is 2. The average molecular weight is 298 g/mol. The van der Waals surface area contributed by atoms with E-state index in [0.29, 0.717) is 6.54 Å². The number of carbonyl (C=O) groups is 1. The van der Waals surface area contributed by atoms with E-state index in [2.05, 4.69) is 21.8 Å². The topological polar surface area (TPSA) is 59.0 Å². The van der Waals surface area contributed by atoms with Crippen molar-refractivity contribution in [2.75, 3.05) is 6.54 Å². The fourth-order valence-corrected chi connectivity index (χ4v) is 2.95. The second kappa shape index (κ2) is 6.32.